The van der Waals surface area contributed by atoms with Crippen molar-refractivity contribution < 1.29 is 14.6 Å². The Morgan fingerprint density at radius 2 is 1.89 bits per heavy atom. The highest BCUT2D eigenvalue weighted by atomic mass is 16.5. The molecule has 5 heteroatoms. The van der Waals surface area contributed by atoms with Crippen LogP contribution in [0.1, 0.15) is 33.6 Å². The fourth-order valence-electron chi connectivity index (χ4n) is 2.33. The Morgan fingerprint density at radius 3 is 2.42 bits per heavy atom. The number of hydrogen-bond acceptors (Lipinski definition) is 4. The van der Waals surface area contributed by atoms with E-state index in [1.807, 2.05) is 25.7 Å². The second-order valence-corrected chi connectivity index (χ2v) is 5.77. The molecule has 1 heterocycles. The summed E-state index contributed by atoms with van der Waals surface area (Å²) >= 11 is 0. The van der Waals surface area contributed by atoms with E-state index < -0.39 is 5.60 Å². The highest BCUT2D eigenvalue weighted by Gasteiger charge is 2.24. The summed E-state index contributed by atoms with van der Waals surface area (Å²) in [6.45, 7) is 10.9. The smallest absolute Gasteiger partial charge is 0.222 e. The summed E-state index contributed by atoms with van der Waals surface area (Å²) in [4.78, 5) is 16.1. The quantitative estimate of drug-likeness (QED) is 0.694. The number of hydrogen-bond donors (Lipinski definition) is 1. The van der Waals surface area contributed by atoms with Crippen LogP contribution in [0, 0.1) is 0 Å². The van der Waals surface area contributed by atoms with E-state index in [0.717, 1.165) is 32.6 Å². The minimum atomic E-state index is -0.663. The molecule has 0 bridgehead atoms. The summed E-state index contributed by atoms with van der Waals surface area (Å²) in [7, 11) is 0. The third kappa shape index (κ3) is 6.89. The van der Waals surface area contributed by atoms with E-state index in [1.165, 1.54) is 0 Å². The van der Waals surface area contributed by atoms with Crippen LogP contribution in [0.3, 0.4) is 0 Å². The lowest BCUT2D eigenvalue weighted by atomic mass is 10.1. The average molecular weight is 272 g/mol. The zero-order valence-corrected chi connectivity index (χ0v) is 12.5. The van der Waals surface area contributed by atoms with Gasteiger partial charge in [0.05, 0.1) is 5.60 Å². The maximum Gasteiger partial charge on any atom is 0.222 e. The standard InChI is InChI=1S/C14H28N2O3/c1-4-19-11-5-6-13(17)16-9-7-15(8-10-16)12-14(2,3)18/h18H,4-12H2,1-3H3. The van der Waals surface area contributed by atoms with Crippen LogP contribution in [-0.4, -0.2) is 72.4 Å². The van der Waals surface area contributed by atoms with E-state index in [2.05, 4.69) is 4.90 Å². The number of carbonyl (C=O) groups is 1. The SMILES string of the molecule is CCOCCCC(=O)N1CCN(CC(C)(C)O)CC1. The van der Waals surface area contributed by atoms with Crippen molar-refractivity contribution in [3.05, 3.63) is 0 Å². The van der Waals surface area contributed by atoms with E-state index in [0.29, 0.717) is 26.2 Å². The summed E-state index contributed by atoms with van der Waals surface area (Å²) in [5.74, 6) is 0.225. The van der Waals surface area contributed by atoms with Crippen LogP contribution in [0.4, 0.5) is 0 Å². The Balaban J connectivity index is 2.20. The normalized spacial score (nSPS) is 17.8. The molecule has 1 fully saturated rings. The average Bonchev–Trinajstić information content (AvgIpc) is 2.33. The van der Waals surface area contributed by atoms with E-state index in [1.54, 1.807) is 0 Å². The third-order valence-corrected chi connectivity index (χ3v) is 3.22. The van der Waals surface area contributed by atoms with Gasteiger partial charge in [-0.3, -0.25) is 9.69 Å². The molecule has 1 saturated heterocycles. The van der Waals surface area contributed by atoms with Crippen molar-refractivity contribution in [2.24, 2.45) is 0 Å². The maximum absolute atomic E-state index is 12.0. The van der Waals surface area contributed by atoms with E-state index in [9.17, 15) is 9.90 Å². The molecular weight excluding hydrogens is 244 g/mol. The van der Waals surface area contributed by atoms with Crippen molar-refractivity contribution in [1.29, 1.82) is 0 Å². The van der Waals surface area contributed by atoms with E-state index >= 15 is 0 Å². The second kappa shape index (κ2) is 7.82. The zero-order valence-electron chi connectivity index (χ0n) is 12.5. The summed E-state index contributed by atoms with van der Waals surface area (Å²) < 4.78 is 5.24. The summed E-state index contributed by atoms with van der Waals surface area (Å²) in [6.07, 6.45) is 1.38. The molecule has 5 nitrogen and oxygen atoms in total. The van der Waals surface area contributed by atoms with Gasteiger partial charge in [-0.25, -0.2) is 0 Å². The van der Waals surface area contributed by atoms with E-state index in [4.69, 9.17) is 4.74 Å². The Hall–Kier alpha value is -0.650. The molecule has 0 saturated carbocycles. The molecule has 0 radical (unpaired) electrons. The Kier molecular flexibility index (Phi) is 6.75. The van der Waals surface area contributed by atoms with Crippen LogP contribution in [0.25, 0.3) is 0 Å². The fraction of sp³-hybridized carbons (Fsp3) is 0.929. The molecule has 1 aliphatic rings. The number of amides is 1. The van der Waals surface area contributed by atoms with Gasteiger partial charge in [-0.05, 0) is 27.2 Å². The molecule has 0 spiro atoms. The van der Waals surface area contributed by atoms with Crippen molar-refractivity contribution in [2.75, 3.05) is 45.9 Å². The third-order valence-electron chi connectivity index (χ3n) is 3.22. The monoisotopic (exact) mass is 272 g/mol. The maximum atomic E-state index is 12.0. The van der Waals surface area contributed by atoms with Crippen LogP contribution < -0.4 is 0 Å². The molecule has 0 atom stereocenters. The van der Waals surface area contributed by atoms with Crippen LogP contribution in [0.2, 0.25) is 0 Å². The predicted molar refractivity (Wildman–Crippen MR) is 75.0 cm³/mol. The first-order chi connectivity index (χ1) is 8.92. The Morgan fingerprint density at radius 1 is 1.26 bits per heavy atom. The minimum absolute atomic E-state index is 0.225. The molecular formula is C14H28N2O3. The lowest BCUT2D eigenvalue weighted by Gasteiger charge is -2.37. The first-order valence-electron chi connectivity index (χ1n) is 7.22. The van der Waals surface area contributed by atoms with E-state index in [-0.39, 0.29) is 5.91 Å². The molecule has 1 N–H and O–H groups in total. The number of aliphatic hydroxyl groups is 1. The highest BCUT2D eigenvalue weighted by molar-refractivity contribution is 5.76. The van der Waals surface area contributed by atoms with Crippen molar-refractivity contribution in [1.82, 2.24) is 9.80 Å². The van der Waals surface area contributed by atoms with Gasteiger partial charge >= 0.3 is 0 Å². The summed E-state index contributed by atoms with van der Waals surface area (Å²) in [5, 5.41) is 9.78. The minimum Gasteiger partial charge on any atom is -0.389 e. The number of piperazine rings is 1. The van der Waals surface area contributed by atoms with Gasteiger partial charge < -0.3 is 14.7 Å². The number of β-amino-alcohol motifs (C(OH)–C–C–N with tert-alkyl or cyclic N) is 1. The van der Waals surface area contributed by atoms with Crippen LogP contribution in [-0.2, 0) is 9.53 Å². The Labute approximate surface area is 116 Å². The first-order valence-corrected chi connectivity index (χ1v) is 7.22. The molecule has 0 aromatic rings. The van der Waals surface area contributed by atoms with Crippen LogP contribution in [0.15, 0.2) is 0 Å². The summed E-state index contributed by atoms with van der Waals surface area (Å²) in [6, 6.07) is 0. The van der Waals surface area contributed by atoms with Crippen molar-refractivity contribution in [3.8, 4) is 0 Å². The molecule has 0 unspecified atom stereocenters. The Bertz CT molecular complexity index is 268. The molecule has 0 aliphatic carbocycles. The molecule has 1 amide bonds. The van der Waals surface area contributed by atoms with Crippen molar-refractivity contribution in [3.63, 3.8) is 0 Å². The van der Waals surface area contributed by atoms with Crippen LogP contribution >= 0.6 is 0 Å². The number of rotatable bonds is 7. The number of nitrogens with zero attached hydrogens (tertiary/aromatic N) is 2. The van der Waals surface area contributed by atoms with Gasteiger partial charge in [-0.2, -0.15) is 0 Å². The molecule has 1 rings (SSSR count). The fourth-order valence-corrected chi connectivity index (χ4v) is 2.33. The van der Waals surface area contributed by atoms with Crippen LogP contribution in [0.5, 0.6) is 0 Å². The lowest BCUT2D eigenvalue weighted by molar-refractivity contribution is -0.133. The molecule has 112 valence electrons. The zero-order chi connectivity index (χ0) is 14.3. The van der Waals surface area contributed by atoms with Gasteiger partial charge in [0, 0.05) is 52.4 Å². The van der Waals surface area contributed by atoms with Gasteiger partial charge in [-0.1, -0.05) is 0 Å². The van der Waals surface area contributed by atoms with Crippen molar-refractivity contribution >= 4 is 5.91 Å². The van der Waals surface area contributed by atoms with Gasteiger partial charge in [0.15, 0.2) is 0 Å². The topological polar surface area (TPSA) is 53.0 Å². The molecule has 19 heavy (non-hydrogen) atoms. The second-order valence-electron chi connectivity index (χ2n) is 5.77. The lowest BCUT2D eigenvalue weighted by Crippen LogP contribution is -2.51. The number of carbonyl (C=O) groups excluding carboxylic acids is 1. The summed E-state index contributed by atoms with van der Waals surface area (Å²) in [5.41, 5.74) is -0.663. The van der Waals surface area contributed by atoms with Crippen molar-refractivity contribution in [2.45, 2.75) is 39.2 Å². The highest BCUT2D eigenvalue weighted by Crippen LogP contribution is 2.10. The van der Waals surface area contributed by atoms with Gasteiger partial charge in [-0.15, -0.1) is 0 Å². The molecule has 0 aromatic heterocycles. The largest absolute Gasteiger partial charge is 0.389 e. The van der Waals surface area contributed by atoms with Gasteiger partial charge in [0.25, 0.3) is 0 Å². The first kappa shape index (κ1) is 16.4. The van der Waals surface area contributed by atoms with Gasteiger partial charge in [0.2, 0.25) is 5.91 Å². The molecule has 0 aromatic carbocycles. The molecule has 1 aliphatic heterocycles. The number of ether oxygens (including phenoxy) is 1. The predicted octanol–water partition coefficient (Wildman–Crippen LogP) is 0.718. The van der Waals surface area contributed by atoms with Gasteiger partial charge in [0.1, 0.15) is 0 Å².